The van der Waals surface area contributed by atoms with Crippen LogP contribution >= 0.6 is 23.2 Å². The molecule has 9 heteroatoms. The van der Waals surface area contributed by atoms with Gasteiger partial charge >= 0.3 is 0 Å². The van der Waals surface area contributed by atoms with E-state index in [9.17, 15) is 4.39 Å². The third-order valence-electron chi connectivity index (χ3n) is 7.43. The molecule has 1 aromatic carbocycles. The van der Waals surface area contributed by atoms with Crippen LogP contribution in [0.4, 0.5) is 27.4 Å². The summed E-state index contributed by atoms with van der Waals surface area (Å²) >= 11 is 13.2. The van der Waals surface area contributed by atoms with Crippen molar-refractivity contribution in [2.45, 2.75) is 43.5 Å². The number of hydrogen-bond acceptors (Lipinski definition) is 6. The minimum atomic E-state index is -1.21. The summed E-state index contributed by atoms with van der Waals surface area (Å²) in [6, 6.07) is 10.4. The Morgan fingerprint density at radius 1 is 1.14 bits per heavy atom. The molecule has 0 spiro atoms. The van der Waals surface area contributed by atoms with Gasteiger partial charge in [0.1, 0.15) is 10.7 Å². The number of hydrogen-bond donors (Lipinski definition) is 3. The first-order valence-corrected chi connectivity index (χ1v) is 13.0. The molecule has 1 saturated heterocycles. The summed E-state index contributed by atoms with van der Waals surface area (Å²) in [5, 5.41) is 19.4. The number of halogens is 3. The summed E-state index contributed by atoms with van der Waals surface area (Å²) in [4.78, 5) is 0.972. The third kappa shape index (κ3) is 4.86. The van der Waals surface area contributed by atoms with Crippen molar-refractivity contribution in [3.05, 3.63) is 58.9 Å². The number of alkyl halides is 1. The van der Waals surface area contributed by atoms with Gasteiger partial charge in [-0.2, -0.15) is 0 Å². The zero-order valence-corrected chi connectivity index (χ0v) is 21.5. The van der Waals surface area contributed by atoms with Crippen LogP contribution in [-0.4, -0.2) is 47.3 Å². The molecule has 0 bridgehead atoms. The van der Waals surface area contributed by atoms with Gasteiger partial charge in [0.2, 0.25) is 0 Å². The van der Waals surface area contributed by atoms with Crippen molar-refractivity contribution in [2.75, 3.05) is 41.7 Å². The Morgan fingerprint density at radius 2 is 1.89 bits per heavy atom. The van der Waals surface area contributed by atoms with Gasteiger partial charge in [0.05, 0.1) is 5.69 Å². The lowest BCUT2D eigenvalue weighted by Crippen LogP contribution is -2.50. The van der Waals surface area contributed by atoms with Gasteiger partial charge in [-0.05, 0) is 75.5 Å². The first-order chi connectivity index (χ1) is 16.8. The summed E-state index contributed by atoms with van der Waals surface area (Å²) in [5.74, 6) is 1.16. The smallest absolute Gasteiger partial charge is 0.172 e. The number of aromatic nitrogens is 2. The standard InChI is InChI=1S/C26H31Cl2FN6/c1-16(24-20(27)7-8-22(29)26(24,2)28)35-14-13-31-25-21(35)15-23(33-34-25)32-19-5-3-17(4-6-19)18-9-11-30-12-10-18/h3-8,15-16,18,24,30H,9-14H2,1-2H3,(H,31,34)(H,32,33)/t16?,24?,26-/m1/s1. The monoisotopic (exact) mass is 516 g/mol. The van der Waals surface area contributed by atoms with Crippen LogP contribution in [0.3, 0.4) is 0 Å². The molecule has 0 radical (unpaired) electrons. The molecule has 0 saturated carbocycles. The summed E-state index contributed by atoms with van der Waals surface area (Å²) in [6.45, 7) is 7.27. The molecular formula is C26H31Cl2FN6. The quantitative estimate of drug-likeness (QED) is 0.429. The number of piperidine rings is 1. The van der Waals surface area contributed by atoms with Gasteiger partial charge in [0.15, 0.2) is 11.6 Å². The van der Waals surface area contributed by atoms with Gasteiger partial charge in [-0.15, -0.1) is 21.8 Å². The first kappa shape index (κ1) is 24.3. The molecule has 2 aliphatic heterocycles. The van der Waals surface area contributed by atoms with Crippen LogP contribution in [0.2, 0.25) is 0 Å². The zero-order valence-electron chi connectivity index (χ0n) is 20.0. The van der Waals surface area contributed by atoms with Crippen molar-refractivity contribution in [1.29, 1.82) is 0 Å². The van der Waals surface area contributed by atoms with Gasteiger partial charge in [-0.25, -0.2) is 4.39 Å². The highest BCUT2D eigenvalue weighted by Gasteiger charge is 2.46. The average molecular weight is 517 g/mol. The van der Waals surface area contributed by atoms with Crippen LogP contribution in [0.5, 0.6) is 0 Å². The maximum absolute atomic E-state index is 14.6. The predicted molar refractivity (Wildman–Crippen MR) is 143 cm³/mol. The normalized spacial score (nSPS) is 25.7. The van der Waals surface area contributed by atoms with Crippen LogP contribution < -0.4 is 20.9 Å². The minimum absolute atomic E-state index is 0.164. The van der Waals surface area contributed by atoms with Gasteiger partial charge in [0.25, 0.3) is 0 Å². The van der Waals surface area contributed by atoms with E-state index in [4.69, 9.17) is 23.2 Å². The van der Waals surface area contributed by atoms with Crippen LogP contribution in [0.25, 0.3) is 0 Å². The molecule has 186 valence electrons. The van der Waals surface area contributed by atoms with Crippen LogP contribution in [0.15, 0.2) is 53.3 Å². The molecule has 3 N–H and O–H groups in total. The fourth-order valence-corrected chi connectivity index (χ4v) is 6.34. The maximum atomic E-state index is 14.6. The van der Waals surface area contributed by atoms with Crippen molar-refractivity contribution in [3.63, 3.8) is 0 Å². The number of rotatable bonds is 5. The Bertz CT molecular complexity index is 1130. The predicted octanol–water partition coefficient (Wildman–Crippen LogP) is 5.91. The van der Waals surface area contributed by atoms with Crippen LogP contribution in [0.1, 0.15) is 38.2 Å². The fourth-order valence-electron chi connectivity index (χ4n) is 5.46. The summed E-state index contributed by atoms with van der Waals surface area (Å²) in [5.41, 5.74) is 3.22. The molecule has 1 aromatic heterocycles. The van der Waals surface area contributed by atoms with E-state index >= 15 is 0 Å². The van der Waals surface area contributed by atoms with Crippen molar-refractivity contribution in [1.82, 2.24) is 15.5 Å². The molecule has 5 rings (SSSR count). The Hall–Kier alpha value is -2.35. The molecular weight excluding hydrogens is 486 g/mol. The lowest BCUT2D eigenvalue weighted by atomic mass is 9.81. The maximum Gasteiger partial charge on any atom is 0.172 e. The molecule has 35 heavy (non-hydrogen) atoms. The second kappa shape index (κ2) is 9.96. The topological polar surface area (TPSA) is 65.1 Å². The van der Waals surface area contributed by atoms with Crippen LogP contribution in [-0.2, 0) is 0 Å². The van der Waals surface area contributed by atoms with Crippen molar-refractivity contribution < 1.29 is 4.39 Å². The first-order valence-electron chi connectivity index (χ1n) is 12.2. The Labute approximate surface area is 216 Å². The Morgan fingerprint density at radius 3 is 2.63 bits per heavy atom. The molecule has 0 amide bonds. The van der Waals surface area contributed by atoms with Crippen molar-refractivity contribution >= 4 is 46.2 Å². The largest absolute Gasteiger partial charge is 0.365 e. The van der Waals surface area contributed by atoms with Gasteiger partial charge in [-0.3, -0.25) is 0 Å². The lowest BCUT2D eigenvalue weighted by Gasteiger charge is -2.44. The molecule has 3 heterocycles. The highest BCUT2D eigenvalue weighted by Crippen LogP contribution is 2.47. The SMILES string of the molecule is CC(C1C(Cl)=CC=C(F)[C@@]1(C)Cl)N1CCNc2nnc(Nc3ccc(C4CCNCC4)cc3)cc21. The van der Waals surface area contributed by atoms with E-state index in [2.05, 4.69) is 55.3 Å². The molecule has 3 aliphatic rings. The van der Waals surface area contributed by atoms with E-state index in [1.54, 1.807) is 13.0 Å². The number of allylic oxidation sites excluding steroid dienone is 3. The van der Waals surface area contributed by atoms with E-state index in [0.717, 1.165) is 24.5 Å². The summed E-state index contributed by atoms with van der Waals surface area (Å²) in [7, 11) is 0. The molecule has 2 unspecified atom stereocenters. The van der Waals surface area contributed by atoms with Gasteiger partial charge in [-0.1, -0.05) is 23.7 Å². The van der Waals surface area contributed by atoms with Gasteiger partial charge in [0, 0.05) is 41.8 Å². The number of nitrogens with zero attached hydrogens (tertiary/aromatic N) is 3. The summed E-state index contributed by atoms with van der Waals surface area (Å²) in [6.07, 6.45) is 5.31. The third-order valence-corrected chi connectivity index (χ3v) is 8.21. The number of anilines is 4. The molecule has 3 atom stereocenters. The zero-order chi connectivity index (χ0) is 24.6. The fraction of sp³-hybridized carbons (Fsp3) is 0.462. The highest BCUT2D eigenvalue weighted by molar-refractivity contribution is 6.33. The number of benzene rings is 1. The van der Waals surface area contributed by atoms with Gasteiger partial charge < -0.3 is 20.9 Å². The molecule has 2 aromatic rings. The second-order valence-electron chi connectivity index (χ2n) is 9.71. The number of nitrogens with one attached hydrogen (secondary N) is 3. The van der Waals surface area contributed by atoms with E-state index in [-0.39, 0.29) is 11.9 Å². The number of fused-ring (bicyclic) bond motifs is 1. The van der Waals surface area contributed by atoms with Crippen molar-refractivity contribution in [2.24, 2.45) is 5.92 Å². The van der Waals surface area contributed by atoms with E-state index in [1.165, 1.54) is 24.5 Å². The molecule has 1 fully saturated rings. The van der Waals surface area contributed by atoms with E-state index in [1.807, 2.05) is 13.0 Å². The van der Waals surface area contributed by atoms with E-state index < -0.39 is 10.8 Å². The van der Waals surface area contributed by atoms with Crippen LogP contribution in [0, 0.1) is 5.92 Å². The van der Waals surface area contributed by atoms with Crippen molar-refractivity contribution in [3.8, 4) is 0 Å². The molecule has 1 aliphatic carbocycles. The average Bonchev–Trinajstić information content (AvgIpc) is 2.87. The lowest BCUT2D eigenvalue weighted by molar-refractivity contribution is 0.364. The molecule has 6 nitrogen and oxygen atoms in total. The minimum Gasteiger partial charge on any atom is -0.365 e. The van der Waals surface area contributed by atoms with E-state index in [0.29, 0.717) is 35.7 Å². The second-order valence-corrected chi connectivity index (χ2v) is 10.9. The highest BCUT2D eigenvalue weighted by atomic mass is 35.5. The summed E-state index contributed by atoms with van der Waals surface area (Å²) < 4.78 is 14.6. The Kier molecular flexibility index (Phi) is 6.93. The Balaban J connectivity index is 1.36.